The van der Waals surface area contributed by atoms with Gasteiger partial charge in [-0.2, -0.15) is 5.10 Å². The van der Waals surface area contributed by atoms with Gasteiger partial charge in [-0.25, -0.2) is 4.68 Å². The minimum absolute atomic E-state index is 0. The summed E-state index contributed by atoms with van der Waals surface area (Å²) >= 11 is 0. The van der Waals surface area contributed by atoms with Crippen LogP contribution in [0, 0.1) is 26.7 Å². The van der Waals surface area contributed by atoms with Gasteiger partial charge in [0.1, 0.15) is 11.6 Å². The highest BCUT2D eigenvalue weighted by molar-refractivity contribution is 6.00. The smallest absolute Gasteiger partial charge is 0.246 e. The summed E-state index contributed by atoms with van der Waals surface area (Å²) in [6, 6.07) is 17.9. The first-order valence-electron chi connectivity index (χ1n) is 14.2. The van der Waals surface area contributed by atoms with E-state index in [2.05, 4.69) is 69.1 Å². The second-order valence-electron chi connectivity index (χ2n) is 11.7. The lowest BCUT2D eigenvalue weighted by atomic mass is 9.80. The van der Waals surface area contributed by atoms with Gasteiger partial charge in [-0.15, -0.1) is 24.8 Å². The van der Waals surface area contributed by atoms with Crippen molar-refractivity contribution in [2.45, 2.75) is 78.6 Å². The fourth-order valence-corrected chi connectivity index (χ4v) is 6.22. The summed E-state index contributed by atoms with van der Waals surface area (Å²) in [5, 5.41) is 7.95. The molecule has 0 bridgehead atoms. The number of aryl methyl sites for hydroxylation is 2. The van der Waals surface area contributed by atoms with E-state index in [0.29, 0.717) is 31.7 Å². The Morgan fingerprint density at radius 3 is 2.20 bits per heavy atom. The third-order valence-corrected chi connectivity index (χ3v) is 8.61. The molecule has 3 heterocycles. The van der Waals surface area contributed by atoms with E-state index in [0.717, 1.165) is 47.8 Å². The summed E-state index contributed by atoms with van der Waals surface area (Å²) in [5.74, 6) is 0.375. The van der Waals surface area contributed by atoms with Gasteiger partial charge in [0.05, 0.1) is 11.4 Å². The quantitative estimate of drug-likeness (QED) is 0.386. The second-order valence-corrected chi connectivity index (χ2v) is 11.7. The Hall–Kier alpha value is -2.87. The summed E-state index contributed by atoms with van der Waals surface area (Å²) < 4.78 is 2.02. The minimum atomic E-state index is -0.818. The monoisotopic (exact) mass is 599 g/mol. The number of carbonyl (C=O) groups is 2. The summed E-state index contributed by atoms with van der Waals surface area (Å²) in [6.45, 7) is 13.2. The number of hydrogen-bond donors (Lipinski definition) is 1. The summed E-state index contributed by atoms with van der Waals surface area (Å²) in [6.07, 6.45) is 1.90. The van der Waals surface area contributed by atoms with Gasteiger partial charge in [-0.05, 0) is 69.2 Å². The van der Waals surface area contributed by atoms with E-state index in [1.165, 1.54) is 5.56 Å². The maximum atomic E-state index is 13.9. The van der Waals surface area contributed by atoms with E-state index in [9.17, 15) is 9.59 Å². The molecule has 2 aromatic carbocycles. The van der Waals surface area contributed by atoms with Crippen LogP contribution in [0.1, 0.15) is 61.2 Å². The van der Waals surface area contributed by atoms with Crippen LogP contribution in [0.3, 0.4) is 0 Å². The lowest BCUT2D eigenvalue weighted by molar-refractivity contribution is -0.162. The Morgan fingerprint density at radius 1 is 0.927 bits per heavy atom. The summed E-state index contributed by atoms with van der Waals surface area (Å²) in [4.78, 5) is 32.0. The molecule has 7 nitrogen and oxygen atoms in total. The standard InChI is InChI=1S/C32H41N5O2.2ClH/c1-22(2)19-29-30(38)36(20-26-12-10-9-11-23(26)3)32(31(39)33-29)15-17-35(18-16-32)21-28-24(4)34-37(25(28)5)27-13-7-6-8-14-27;;/h6-14,22,29H,15-21H2,1-5H3,(H,33,39);2*1H. The Kier molecular flexibility index (Phi) is 10.7. The first-order valence-corrected chi connectivity index (χ1v) is 14.2. The van der Waals surface area contributed by atoms with Crippen molar-refractivity contribution in [1.82, 2.24) is 24.9 Å². The van der Waals surface area contributed by atoms with Crippen LogP contribution in [-0.4, -0.2) is 56.1 Å². The predicted octanol–water partition coefficient (Wildman–Crippen LogP) is 5.55. The van der Waals surface area contributed by atoms with Gasteiger partial charge < -0.3 is 10.2 Å². The van der Waals surface area contributed by atoms with Crippen LogP contribution in [0.15, 0.2) is 54.6 Å². The average molecular weight is 601 g/mol. The fraction of sp³-hybridized carbons (Fsp3) is 0.469. The zero-order chi connectivity index (χ0) is 27.7. The molecule has 222 valence electrons. The van der Waals surface area contributed by atoms with Crippen LogP contribution in [0.25, 0.3) is 5.69 Å². The van der Waals surface area contributed by atoms with E-state index < -0.39 is 11.6 Å². The van der Waals surface area contributed by atoms with Crippen molar-refractivity contribution >= 4 is 36.6 Å². The Balaban J connectivity index is 0.00000231. The summed E-state index contributed by atoms with van der Waals surface area (Å²) in [7, 11) is 0. The number of nitrogens with one attached hydrogen (secondary N) is 1. The number of aromatic nitrogens is 2. The lowest BCUT2D eigenvalue weighted by Crippen LogP contribution is -2.72. The minimum Gasteiger partial charge on any atom is -0.342 e. The molecule has 1 unspecified atom stereocenters. The van der Waals surface area contributed by atoms with Crippen LogP contribution in [0.4, 0.5) is 0 Å². The van der Waals surface area contributed by atoms with E-state index in [-0.39, 0.29) is 36.6 Å². The van der Waals surface area contributed by atoms with Gasteiger partial charge >= 0.3 is 0 Å². The van der Waals surface area contributed by atoms with Crippen LogP contribution in [0.5, 0.6) is 0 Å². The van der Waals surface area contributed by atoms with Gasteiger partial charge in [-0.3, -0.25) is 14.5 Å². The number of piperazine rings is 1. The van der Waals surface area contributed by atoms with Crippen molar-refractivity contribution in [1.29, 1.82) is 0 Å². The molecule has 1 spiro atoms. The molecule has 1 N–H and O–H groups in total. The van der Waals surface area contributed by atoms with Gasteiger partial charge in [-0.1, -0.05) is 56.3 Å². The normalized spacial score (nSPS) is 18.7. The first kappa shape index (κ1) is 32.6. The Morgan fingerprint density at radius 2 is 1.56 bits per heavy atom. The molecule has 41 heavy (non-hydrogen) atoms. The van der Waals surface area contributed by atoms with Crippen molar-refractivity contribution in [2.24, 2.45) is 5.92 Å². The molecule has 2 aliphatic rings. The molecule has 0 aliphatic carbocycles. The van der Waals surface area contributed by atoms with E-state index in [1.807, 2.05) is 39.9 Å². The maximum absolute atomic E-state index is 13.9. The van der Waals surface area contributed by atoms with Crippen molar-refractivity contribution in [3.8, 4) is 5.69 Å². The highest BCUT2D eigenvalue weighted by Crippen LogP contribution is 2.36. The fourth-order valence-electron chi connectivity index (χ4n) is 6.22. The van der Waals surface area contributed by atoms with Gasteiger partial charge in [0.2, 0.25) is 11.8 Å². The number of rotatable bonds is 7. The molecule has 2 saturated heterocycles. The number of amides is 2. The third kappa shape index (κ3) is 6.47. The van der Waals surface area contributed by atoms with Gasteiger partial charge in [0.25, 0.3) is 0 Å². The summed E-state index contributed by atoms with van der Waals surface area (Å²) in [5.41, 5.74) is 5.88. The van der Waals surface area contributed by atoms with Gasteiger partial charge in [0, 0.05) is 37.4 Å². The third-order valence-electron chi connectivity index (χ3n) is 8.61. The number of benzene rings is 2. The number of nitrogens with zero attached hydrogens (tertiary/aromatic N) is 4. The highest BCUT2D eigenvalue weighted by atomic mass is 35.5. The molecule has 1 aromatic heterocycles. The maximum Gasteiger partial charge on any atom is 0.246 e. The molecular formula is C32H43Cl2N5O2. The highest BCUT2D eigenvalue weighted by Gasteiger charge is 2.53. The predicted molar refractivity (Wildman–Crippen MR) is 168 cm³/mol. The van der Waals surface area contributed by atoms with Crippen molar-refractivity contribution < 1.29 is 9.59 Å². The van der Waals surface area contributed by atoms with Crippen LogP contribution >= 0.6 is 24.8 Å². The van der Waals surface area contributed by atoms with Crippen molar-refractivity contribution in [3.63, 3.8) is 0 Å². The largest absolute Gasteiger partial charge is 0.342 e. The Bertz CT molecular complexity index is 1350. The zero-order valence-electron chi connectivity index (χ0n) is 24.7. The topological polar surface area (TPSA) is 70.5 Å². The molecule has 2 fully saturated rings. The molecule has 0 saturated carbocycles. The Labute approximate surface area is 256 Å². The SMILES string of the molecule is Cc1ccccc1CN1C(=O)C(CC(C)C)NC(=O)C12CCN(Cc1c(C)nn(-c3ccccc3)c1C)CC2.Cl.Cl. The zero-order valence-corrected chi connectivity index (χ0v) is 26.4. The molecule has 2 amide bonds. The second kappa shape index (κ2) is 13.4. The van der Waals surface area contributed by atoms with Crippen LogP contribution in [-0.2, 0) is 22.7 Å². The van der Waals surface area contributed by atoms with Gasteiger partial charge in [0.15, 0.2) is 0 Å². The molecule has 3 aromatic rings. The van der Waals surface area contributed by atoms with Crippen LogP contribution < -0.4 is 5.32 Å². The number of likely N-dealkylation sites (tertiary alicyclic amines) is 1. The average Bonchev–Trinajstić information content (AvgIpc) is 3.20. The van der Waals surface area contributed by atoms with Crippen LogP contribution in [0.2, 0.25) is 0 Å². The number of carbonyl (C=O) groups excluding carboxylic acids is 2. The van der Waals surface area contributed by atoms with Crippen molar-refractivity contribution in [3.05, 3.63) is 82.7 Å². The lowest BCUT2D eigenvalue weighted by Gasteiger charge is -2.52. The molecular weight excluding hydrogens is 557 g/mol. The van der Waals surface area contributed by atoms with E-state index >= 15 is 0 Å². The van der Waals surface area contributed by atoms with E-state index in [1.54, 1.807) is 0 Å². The molecule has 9 heteroatoms. The number of para-hydroxylation sites is 1. The first-order chi connectivity index (χ1) is 18.7. The molecule has 2 aliphatic heterocycles. The molecule has 0 radical (unpaired) electrons. The molecule has 5 rings (SSSR count). The number of halogens is 2. The van der Waals surface area contributed by atoms with E-state index in [4.69, 9.17) is 5.10 Å². The number of piperidine rings is 1. The van der Waals surface area contributed by atoms with Crippen molar-refractivity contribution in [2.75, 3.05) is 13.1 Å². The molecule has 1 atom stereocenters. The number of hydrogen-bond acceptors (Lipinski definition) is 4.